The number of piperidine rings is 1. The molecule has 0 aromatic carbocycles. The summed E-state index contributed by atoms with van der Waals surface area (Å²) in [4.78, 5) is 22.1. The van der Waals surface area contributed by atoms with Gasteiger partial charge >= 0.3 is 6.09 Å². The van der Waals surface area contributed by atoms with E-state index in [1.807, 2.05) is 27.0 Å². The van der Waals surface area contributed by atoms with Gasteiger partial charge in [0.15, 0.2) is 0 Å². The lowest BCUT2D eigenvalue weighted by atomic mass is 10.0. The molecule has 2 aromatic rings. The molecule has 9 heteroatoms. The predicted molar refractivity (Wildman–Crippen MR) is 117 cm³/mol. The van der Waals surface area contributed by atoms with Crippen LogP contribution in [-0.2, 0) is 4.74 Å². The molecule has 0 spiro atoms. The van der Waals surface area contributed by atoms with Gasteiger partial charge in [0.05, 0.1) is 27.9 Å². The van der Waals surface area contributed by atoms with Crippen molar-refractivity contribution in [1.82, 2.24) is 15.3 Å². The van der Waals surface area contributed by atoms with Crippen LogP contribution in [0.25, 0.3) is 11.0 Å². The zero-order valence-corrected chi connectivity index (χ0v) is 18.7. The Morgan fingerprint density at radius 3 is 3.00 bits per heavy atom. The molecule has 3 N–H and O–H groups in total. The number of nitrogens with zero attached hydrogens (tertiary/aromatic N) is 2. The highest BCUT2D eigenvalue weighted by molar-refractivity contribution is 9.10. The van der Waals surface area contributed by atoms with Crippen molar-refractivity contribution in [2.75, 3.05) is 36.5 Å². The molecule has 2 aromatic heterocycles. The molecule has 1 saturated heterocycles. The van der Waals surface area contributed by atoms with Crippen molar-refractivity contribution >= 4 is 44.4 Å². The average molecular weight is 470 g/mol. The summed E-state index contributed by atoms with van der Waals surface area (Å²) >= 11 is 3.65. The Hall–Kier alpha value is -2.03. The van der Waals surface area contributed by atoms with Crippen LogP contribution in [0.2, 0.25) is 0 Å². The molecule has 0 saturated carbocycles. The highest BCUT2D eigenvalue weighted by Gasteiger charge is 2.27. The number of ether oxygens (including phenoxy) is 1. The quantitative estimate of drug-likeness (QED) is 0.538. The first-order chi connectivity index (χ1) is 13.8. The maximum absolute atomic E-state index is 12.5. The SMILES string of the molecule is CC(C)(C)OC(=O)NC1CCCN(c2c(Br)cnc3[nH]cc(NCCCF)c23)C1. The summed E-state index contributed by atoms with van der Waals surface area (Å²) in [5.74, 6) is 0. The Bertz CT molecular complexity index is 851. The predicted octanol–water partition coefficient (Wildman–Crippen LogP) is 4.59. The van der Waals surface area contributed by atoms with Gasteiger partial charge in [0.2, 0.25) is 0 Å². The van der Waals surface area contributed by atoms with Gasteiger partial charge < -0.3 is 25.3 Å². The molecule has 3 heterocycles. The number of aromatic nitrogens is 2. The van der Waals surface area contributed by atoms with Crippen molar-refractivity contribution in [3.8, 4) is 0 Å². The summed E-state index contributed by atoms with van der Waals surface area (Å²) in [6, 6.07) is -0.00407. The minimum absolute atomic E-state index is 0.00407. The van der Waals surface area contributed by atoms with Crippen molar-refractivity contribution in [2.24, 2.45) is 0 Å². The third-order valence-electron chi connectivity index (χ3n) is 4.71. The molecule has 7 nitrogen and oxygen atoms in total. The lowest BCUT2D eigenvalue weighted by Gasteiger charge is -2.36. The van der Waals surface area contributed by atoms with Crippen LogP contribution in [0, 0.1) is 0 Å². The molecule has 0 bridgehead atoms. The van der Waals surface area contributed by atoms with Gasteiger partial charge in [0, 0.05) is 38.1 Å². The fourth-order valence-electron chi connectivity index (χ4n) is 3.57. The number of halogens is 2. The second kappa shape index (κ2) is 9.19. The fourth-order valence-corrected chi connectivity index (χ4v) is 4.12. The Kier molecular flexibility index (Phi) is 6.87. The summed E-state index contributed by atoms with van der Waals surface area (Å²) < 4.78 is 18.8. The minimum atomic E-state index is -0.524. The van der Waals surface area contributed by atoms with Gasteiger partial charge in [-0.15, -0.1) is 0 Å². The largest absolute Gasteiger partial charge is 0.444 e. The van der Waals surface area contributed by atoms with E-state index in [2.05, 4.69) is 41.4 Å². The Morgan fingerprint density at radius 1 is 1.48 bits per heavy atom. The van der Waals surface area contributed by atoms with E-state index in [1.165, 1.54) is 0 Å². The number of anilines is 2. The van der Waals surface area contributed by atoms with Gasteiger partial charge in [-0.05, 0) is 56.0 Å². The van der Waals surface area contributed by atoms with Crippen LogP contribution in [0.3, 0.4) is 0 Å². The molecular weight excluding hydrogens is 441 g/mol. The number of fused-ring (bicyclic) bond motifs is 1. The topological polar surface area (TPSA) is 82.3 Å². The normalized spacial score (nSPS) is 17.4. The summed E-state index contributed by atoms with van der Waals surface area (Å²) in [7, 11) is 0. The molecule has 1 fully saturated rings. The second-order valence-corrected chi connectivity index (χ2v) is 9.14. The molecule has 1 aliphatic rings. The third kappa shape index (κ3) is 5.52. The maximum atomic E-state index is 12.5. The highest BCUT2D eigenvalue weighted by atomic mass is 79.9. The maximum Gasteiger partial charge on any atom is 0.407 e. The highest BCUT2D eigenvalue weighted by Crippen LogP contribution is 2.38. The number of carbonyl (C=O) groups excluding carboxylic acids is 1. The van der Waals surface area contributed by atoms with E-state index >= 15 is 0 Å². The number of rotatable bonds is 6. The number of pyridine rings is 1. The molecule has 3 rings (SSSR count). The number of H-pyrrole nitrogens is 1. The number of alkyl halides is 1. The third-order valence-corrected chi connectivity index (χ3v) is 5.29. The van der Waals surface area contributed by atoms with E-state index in [-0.39, 0.29) is 12.7 Å². The standard InChI is InChI=1S/C20H29BrFN5O2/c1-20(2,3)29-19(28)26-13-6-4-9-27(12-13)17-14(21)10-24-18-16(17)15(11-25-18)23-8-5-7-22/h10-11,13,23H,4-9,12H2,1-3H3,(H,24,25)(H,26,28). The van der Waals surface area contributed by atoms with Crippen LogP contribution in [-0.4, -0.2) is 54.0 Å². The number of carbonyl (C=O) groups is 1. The molecule has 1 aliphatic heterocycles. The fraction of sp³-hybridized carbons (Fsp3) is 0.600. The van der Waals surface area contributed by atoms with Gasteiger partial charge in [0.25, 0.3) is 0 Å². The van der Waals surface area contributed by atoms with Gasteiger partial charge in [-0.2, -0.15) is 0 Å². The smallest absolute Gasteiger partial charge is 0.407 e. The number of alkyl carbamates (subject to hydrolysis) is 1. The summed E-state index contributed by atoms with van der Waals surface area (Å²) in [6.07, 6.45) is 5.56. The lowest BCUT2D eigenvalue weighted by molar-refractivity contribution is 0.0500. The number of aromatic amines is 1. The zero-order chi connectivity index (χ0) is 21.0. The molecule has 0 radical (unpaired) electrons. The van der Waals surface area contributed by atoms with E-state index in [0.29, 0.717) is 19.5 Å². The van der Waals surface area contributed by atoms with E-state index in [1.54, 1.807) is 6.20 Å². The van der Waals surface area contributed by atoms with Crippen LogP contribution in [0.5, 0.6) is 0 Å². The van der Waals surface area contributed by atoms with Crippen LogP contribution in [0.15, 0.2) is 16.9 Å². The molecule has 1 atom stereocenters. The second-order valence-electron chi connectivity index (χ2n) is 8.28. The van der Waals surface area contributed by atoms with E-state index in [9.17, 15) is 9.18 Å². The number of nitrogens with one attached hydrogen (secondary N) is 3. The first-order valence-corrected chi connectivity index (χ1v) is 10.8. The van der Waals surface area contributed by atoms with Gasteiger partial charge in [-0.3, -0.25) is 4.39 Å². The molecule has 0 aliphatic carbocycles. The van der Waals surface area contributed by atoms with Crippen molar-refractivity contribution in [1.29, 1.82) is 0 Å². The molecule has 1 amide bonds. The summed E-state index contributed by atoms with van der Waals surface area (Å²) in [5, 5.41) is 7.26. The van der Waals surface area contributed by atoms with Crippen molar-refractivity contribution in [3.05, 3.63) is 16.9 Å². The van der Waals surface area contributed by atoms with Crippen molar-refractivity contribution in [2.45, 2.75) is 51.7 Å². The average Bonchev–Trinajstić information content (AvgIpc) is 3.03. The monoisotopic (exact) mass is 469 g/mol. The van der Waals surface area contributed by atoms with Gasteiger partial charge in [0.1, 0.15) is 11.2 Å². The van der Waals surface area contributed by atoms with Gasteiger partial charge in [-0.25, -0.2) is 9.78 Å². The van der Waals surface area contributed by atoms with Crippen LogP contribution < -0.4 is 15.5 Å². The first kappa shape index (κ1) is 21.7. The number of hydrogen-bond donors (Lipinski definition) is 3. The Balaban J connectivity index is 1.80. The summed E-state index contributed by atoms with van der Waals surface area (Å²) in [6.45, 7) is 7.31. The van der Waals surface area contributed by atoms with Crippen molar-refractivity contribution in [3.63, 3.8) is 0 Å². The Morgan fingerprint density at radius 2 is 2.28 bits per heavy atom. The van der Waals surface area contributed by atoms with Gasteiger partial charge in [-0.1, -0.05) is 0 Å². The number of hydrogen-bond acceptors (Lipinski definition) is 5. The summed E-state index contributed by atoms with van der Waals surface area (Å²) in [5.41, 5.74) is 2.17. The van der Waals surface area contributed by atoms with E-state index < -0.39 is 11.7 Å². The van der Waals surface area contributed by atoms with Crippen LogP contribution in [0.1, 0.15) is 40.0 Å². The van der Waals surface area contributed by atoms with Crippen LogP contribution in [0.4, 0.5) is 20.6 Å². The van der Waals surface area contributed by atoms with Crippen molar-refractivity contribution < 1.29 is 13.9 Å². The molecular formula is C20H29BrFN5O2. The van der Waals surface area contributed by atoms with Crippen LogP contribution >= 0.6 is 15.9 Å². The zero-order valence-electron chi connectivity index (χ0n) is 17.1. The Labute approximate surface area is 178 Å². The first-order valence-electron chi connectivity index (χ1n) is 9.98. The minimum Gasteiger partial charge on any atom is -0.444 e. The molecule has 1 unspecified atom stereocenters. The molecule has 29 heavy (non-hydrogen) atoms. The number of amides is 1. The molecule has 160 valence electrons. The van der Waals surface area contributed by atoms with E-state index in [4.69, 9.17) is 4.74 Å². The van der Waals surface area contributed by atoms with E-state index in [0.717, 1.165) is 46.3 Å². The lowest BCUT2D eigenvalue weighted by Crippen LogP contribution is -2.49.